The van der Waals surface area contributed by atoms with Gasteiger partial charge in [0.1, 0.15) is 0 Å². The maximum absolute atomic E-state index is 3.63. The molecular weight excluding hydrogens is 216 g/mol. The van der Waals surface area contributed by atoms with Gasteiger partial charge in [0.15, 0.2) is 0 Å². The molecule has 1 heterocycles. The third kappa shape index (κ3) is 4.44. The van der Waals surface area contributed by atoms with E-state index in [1.165, 1.54) is 29.5 Å². The van der Waals surface area contributed by atoms with Gasteiger partial charge in [0, 0.05) is 6.04 Å². The number of hydrogen-bond acceptors (Lipinski definition) is 1. The van der Waals surface area contributed by atoms with Gasteiger partial charge < -0.3 is 5.32 Å². The number of piperidine rings is 1. The van der Waals surface area contributed by atoms with Crippen molar-refractivity contribution in [2.24, 2.45) is 5.92 Å². The van der Waals surface area contributed by atoms with Gasteiger partial charge in [-0.2, -0.15) is 0 Å². The Kier molecular flexibility index (Phi) is 7.74. The van der Waals surface area contributed by atoms with Crippen LogP contribution in [-0.4, -0.2) is 15.0 Å². The summed E-state index contributed by atoms with van der Waals surface area (Å²) in [5.41, 5.74) is 4.26. The zero-order chi connectivity index (χ0) is 10.8. The van der Waals surface area contributed by atoms with Crippen LogP contribution in [0.15, 0.2) is 18.2 Å². The molecule has 0 amide bonds. The largest absolute Gasteiger partial charge is 1.00 e. The van der Waals surface area contributed by atoms with E-state index in [0.29, 0.717) is 6.04 Å². The van der Waals surface area contributed by atoms with E-state index >= 15 is 0 Å². The van der Waals surface area contributed by atoms with Gasteiger partial charge in [0.2, 0.25) is 0 Å². The SMILES string of the molecule is Cc1ccc(C2CCC(C)CN2)cc1C.[BH4-].[Na+]. The first kappa shape index (κ1) is 17.2. The predicted molar refractivity (Wildman–Crippen MR) is 76.4 cm³/mol. The molecule has 2 unspecified atom stereocenters. The summed E-state index contributed by atoms with van der Waals surface area (Å²) >= 11 is 0. The van der Waals surface area contributed by atoms with Crippen molar-refractivity contribution in [2.75, 3.05) is 6.54 Å². The molecule has 2 atom stereocenters. The molecule has 1 aromatic carbocycles. The molecule has 2 rings (SSSR count). The van der Waals surface area contributed by atoms with Gasteiger partial charge in [-0.15, -0.1) is 0 Å². The van der Waals surface area contributed by atoms with Gasteiger partial charge in [0.05, 0.1) is 0 Å². The molecule has 0 spiro atoms. The van der Waals surface area contributed by atoms with E-state index in [9.17, 15) is 0 Å². The zero-order valence-electron chi connectivity index (χ0n) is 11.0. The maximum Gasteiger partial charge on any atom is 1.00 e. The molecule has 17 heavy (non-hydrogen) atoms. The second kappa shape index (κ2) is 7.63. The fourth-order valence-corrected chi connectivity index (χ4v) is 2.26. The van der Waals surface area contributed by atoms with Crippen LogP contribution in [0, 0.1) is 19.8 Å². The average Bonchev–Trinajstić information content (AvgIpc) is 2.23. The van der Waals surface area contributed by atoms with Crippen molar-refractivity contribution < 1.29 is 29.6 Å². The van der Waals surface area contributed by atoms with Gasteiger partial charge in [0.25, 0.3) is 0 Å². The second-order valence-electron chi connectivity index (χ2n) is 4.99. The number of rotatable bonds is 1. The Morgan fingerprint density at radius 2 is 1.82 bits per heavy atom. The Morgan fingerprint density at radius 3 is 2.35 bits per heavy atom. The Hall–Kier alpha value is 0.245. The van der Waals surface area contributed by atoms with E-state index in [0.717, 1.165) is 12.5 Å². The summed E-state index contributed by atoms with van der Waals surface area (Å²) in [5.74, 6) is 0.841. The minimum atomic E-state index is 0. The molecule has 0 aromatic heterocycles. The van der Waals surface area contributed by atoms with E-state index in [2.05, 4.69) is 44.3 Å². The van der Waals surface area contributed by atoms with Gasteiger partial charge >= 0.3 is 29.6 Å². The number of nitrogens with one attached hydrogen (secondary N) is 1. The van der Waals surface area contributed by atoms with Crippen molar-refractivity contribution in [3.63, 3.8) is 0 Å². The van der Waals surface area contributed by atoms with E-state index < -0.39 is 0 Å². The Labute approximate surface area is 130 Å². The Balaban J connectivity index is 0.00000128. The van der Waals surface area contributed by atoms with Crippen LogP contribution < -0.4 is 34.9 Å². The molecular formula is C14H25BNNa. The first-order chi connectivity index (χ1) is 7.16. The molecule has 3 heteroatoms. The molecule has 1 N–H and O–H groups in total. The molecule has 1 aliphatic heterocycles. The molecule has 0 aliphatic carbocycles. The monoisotopic (exact) mass is 241 g/mol. The van der Waals surface area contributed by atoms with Gasteiger partial charge in [-0.3, -0.25) is 0 Å². The summed E-state index contributed by atoms with van der Waals surface area (Å²) in [6, 6.07) is 7.43. The second-order valence-corrected chi connectivity index (χ2v) is 4.99. The number of aryl methyl sites for hydroxylation is 2. The van der Waals surface area contributed by atoms with Crippen LogP contribution in [0.5, 0.6) is 0 Å². The van der Waals surface area contributed by atoms with Crippen molar-refractivity contribution in [2.45, 2.75) is 39.7 Å². The average molecular weight is 241 g/mol. The summed E-state index contributed by atoms with van der Waals surface area (Å²) in [6.45, 7) is 7.86. The summed E-state index contributed by atoms with van der Waals surface area (Å²) < 4.78 is 0. The number of benzene rings is 1. The van der Waals surface area contributed by atoms with Crippen LogP contribution in [0.3, 0.4) is 0 Å². The van der Waals surface area contributed by atoms with Gasteiger partial charge in [-0.1, -0.05) is 33.5 Å². The molecule has 1 aromatic rings. The van der Waals surface area contributed by atoms with Crippen LogP contribution in [0.25, 0.3) is 0 Å². The summed E-state index contributed by atoms with van der Waals surface area (Å²) in [6.07, 6.45) is 2.63. The van der Waals surface area contributed by atoms with Crippen LogP contribution in [0.1, 0.15) is 42.5 Å². The van der Waals surface area contributed by atoms with Crippen molar-refractivity contribution in [1.82, 2.24) is 5.32 Å². The molecule has 1 aliphatic rings. The smallest absolute Gasteiger partial charge is 0.310 e. The van der Waals surface area contributed by atoms with Crippen LogP contribution in [0.4, 0.5) is 0 Å². The molecule has 0 radical (unpaired) electrons. The summed E-state index contributed by atoms with van der Waals surface area (Å²) in [5, 5.41) is 3.63. The number of hydrogen-bond donors (Lipinski definition) is 1. The van der Waals surface area contributed by atoms with Crippen molar-refractivity contribution in [1.29, 1.82) is 0 Å². The van der Waals surface area contributed by atoms with E-state index in [1.807, 2.05) is 0 Å². The minimum absolute atomic E-state index is 0. The summed E-state index contributed by atoms with van der Waals surface area (Å²) in [4.78, 5) is 0. The third-order valence-corrected chi connectivity index (χ3v) is 3.59. The molecule has 1 fully saturated rings. The predicted octanol–water partition coefficient (Wildman–Crippen LogP) is -1.08. The normalized spacial score (nSPS) is 23.5. The standard InChI is InChI=1S/C14H21N.BH4.Na/c1-10-4-7-14(15-9-10)13-6-5-11(2)12(3)8-13;;/h5-6,8,10,14-15H,4,7,9H2,1-3H3;1H4;/q;-1;+1. The topological polar surface area (TPSA) is 12.0 Å². The fourth-order valence-electron chi connectivity index (χ4n) is 2.26. The Morgan fingerprint density at radius 1 is 1.12 bits per heavy atom. The van der Waals surface area contributed by atoms with E-state index in [4.69, 9.17) is 0 Å². The van der Waals surface area contributed by atoms with Crippen molar-refractivity contribution >= 4 is 8.41 Å². The van der Waals surface area contributed by atoms with E-state index in [1.54, 1.807) is 0 Å². The molecule has 1 saturated heterocycles. The molecule has 90 valence electrons. The first-order valence-electron chi connectivity index (χ1n) is 5.97. The minimum Gasteiger partial charge on any atom is -0.310 e. The zero-order valence-corrected chi connectivity index (χ0v) is 13.0. The first-order valence-corrected chi connectivity index (χ1v) is 5.97. The third-order valence-electron chi connectivity index (χ3n) is 3.59. The molecule has 1 nitrogen and oxygen atoms in total. The van der Waals surface area contributed by atoms with Crippen LogP contribution >= 0.6 is 0 Å². The summed E-state index contributed by atoms with van der Waals surface area (Å²) in [7, 11) is 0. The van der Waals surface area contributed by atoms with E-state index in [-0.39, 0.29) is 38.0 Å². The van der Waals surface area contributed by atoms with Crippen molar-refractivity contribution in [3.8, 4) is 0 Å². The van der Waals surface area contributed by atoms with Crippen LogP contribution in [0.2, 0.25) is 0 Å². The molecule has 0 bridgehead atoms. The fraction of sp³-hybridized carbons (Fsp3) is 0.571. The molecule has 0 saturated carbocycles. The van der Waals surface area contributed by atoms with Gasteiger partial charge in [-0.05, 0) is 55.8 Å². The van der Waals surface area contributed by atoms with Crippen molar-refractivity contribution in [3.05, 3.63) is 34.9 Å². The quantitative estimate of drug-likeness (QED) is 0.616. The maximum atomic E-state index is 3.63. The van der Waals surface area contributed by atoms with Crippen LogP contribution in [-0.2, 0) is 0 Å². The van der Waals surface area contributed by atoms with Gasteiger partial charge in [-0.25, -0.2) is 0 Å². The Bertz CT molecular complexity index is 346.